The summed E-state index contributed by atoms with van der Waals surface area (Å²) in [6, 6.07) is 20.7. The van der Waals surface area contributed by atoms with Crippen molar-refractivity contribution < 1.29 is 0 Å². The molecule has 21 heavy (non-hydrogen) atoms. The molecular weight excluding hydrogens is 258 g/mol. The largest absolute Gasteiger partial charge is 0.399 e. The summed E-state index contributed by atoms with van der Waals surface area (Å²) in [6.07, 6.45) is 0. The highest BCUT2D eigenvalue weighted by Crippen LogP contribution is 2.40. The lowest BCUT2D eigenvalue weighted by Crippen LogP contribution is -2.42. The van der Waals surface area contributed by atoms with Crippen LogP contribution >= 0.6 is 0 Å². The highest BCUT2D eigenvalue weighted by molar-refractivity contribution is 6.05. The monoisotopic (exact) mass is 275 g/mol. The maximum absolute atomic E-state index is 5.80. The van der Waals surface area contributed by atoms with Crippen molar-refractivity contribution in [3.05, 3.63) is 66.2 Å². The number of anilines is 3. The number of rotatable bonds is 1. The molecule has 4 N–H and O–H groups in total. The topological polar surface area (TPSA) is 50.1 Å². The van der Waals surface area contributed by atoms with Crippen LogP contribution in [0.1, 0.15) is 12.5 Å². The molecule has 0 atom stereocenters. The Balaban J connectivity index is 1.87. The molecule has 3 heteroatoms. The molecule has 0 saturated heterocycles. The van der Waals surface area contributed by atoms with Crippen LogP contribution in [0.4, 0.5) is 17.1 Å². The predicted octanol–water partition coefficient (Wildman–Crippen LogP) is 4.13. The van der Waals surface area contributed by atoms with E-state index in [9.17, 15) is 0 Å². The van der Waals surface area contributed by atoms with E-state index in [4.69, 9.17) is 5.73 Å². The molecule has 3 aromatic rings. The second kappa shape index (κ2) is 4.16. The summed E-state index contributed by atoms with van der Waals surface area (Å²) in [6.45, 7) is 2.15. The predicted molar refractivity (Wildman–Crippen MR) is 89.4 cm³/mol. The first-order valence-corrected chi connectivity index (χ1v) is 7.10. The third-order valence-corrected chi connectivity index (χ3v) is 4.16. The molecule has 0 spiro atoms. The zero-order valence-electron chi connectivity index (χ0n) is 11.9. The Morgan fingerprint density at radius 1 is 0.810 bits per heavy atom. The molecule has 104 valence electrons. The number of nitrogens with two attached hydrogens (primary N) is 1. The van der Waals surface area contributed by atoms with E-state index in [0.717, 1.165) is 22.6 Å². The third kappa shape index (κ3) is 1.82. The van der Waals surface area contributed by atoms with Crippen molar-refractivity contribution >= 4 is 27.8 Å². The van der Waals surface area contributed by atoms with E-state index in [1.54, 1.807) is 0 Å². The van der Waals surface area contributed by atoms with Gasteiger partial charge in [0, 0.05) is 22.4 Å². The molecule has 0 aromatic heterocycles. The van der Waals surface area contributed by atoms with Crippen molar-refractivity contribution in [1.82, 2.24) is 0 Å². The molecule has 4 rings (SSSR count). The van der Waals surface area contributed by atoms with Crippen LogP contribution in [0.3, 0.4) is 0 Å². The van der Waals surface area contributed by atoms with Gasteiger partial charge in [0.05, 0.1) is 0 Å². The minimum Gasteiger partial charge on any atom is -0.399 e. The molecule has 0 aliphatic carbocycles. The van der Waals surface area contributed by atoms with Gasteiger partial charge in [-0.2, -0.15) is 0 Å². The smallest absolute Gasteiger partial charge is 0.131 e. The average Bonchev–Trinajstić information content (AvgIpc) is 2.48. The van der Waals surface area contributed by atoms with Crippen LogP contribution in [0.5, 0.6) is 0 Å². The van der Waals surface area contributed by atoms with Crippen LogP contribution in [0.25, 0.3) is 10.8 Å². The summed E-state index contributed by atoms with van der Waals surface area (Å²) in [5.41, 5.74) is 9.69. The summed E-state index contributed by atoms with van der Waals surface area (Å²) in [7, 11) is 0. The fourth-order valence-electron chi connectivity index (χ4n) is 3.08. The van der Waals surface area contributed by atoms with Crippen molar-refractivity contribution in [2.45, 2.75) is 12.6 Å². The summed E-state index contributed by atoms with van der Waals surface area (Å²) in [5, 5.41) is 9.73. The fourth-order valence-corrected chi connectivity index (χ4v) is 3.08. The minimum absolute atomic E-state index is 0.351. The van der Waals surface area contributed by atoms with E-state index in [1.165, 1.54) is 10.8 Å². The lowest BCUT2D eigenvalue weighted by molar-refractivity contribution is 0.626. The minimum atomic E-state index is -0.351. The molecule has 1 aliphatic rings. The summed E-state index contributed by atoms with van der Waals surface area (Å²) in [5.74, 6) is 0. The van der Waals surface area contributed by atoms with Crippen molar-refractivity contribution in [2.24, 2.45) is 0 Å². The Kier molecular flexibility index (Phi) is 2.39. The Morgan fingerprint density at radius 3 is 1.95 bits per heavy atom. The van der Waals surface area contributed by atoms with Crippen LogP contribution in [0.15, 0.2) is 60.7 Å². The number of nitrogens with one attached hydrogen (secondary N) is 2. The molecule has 0 fully saturated rings. The maximum Gasteiger partial charge on any atom is 0.131 e. The lowest BCUT2D eigenvalue weighted by Gasteiger charge is -2.39. The van der Waals surface area contributed by atoms with Crippen molar-refractivity contribution in [3.8, 4) is 0 Å². The van der Waals surface area contributed by atoms with Crippen LogP contribution in [-0.2, 0) is 5.66 Å². The molecule has 1 aliphatic heterocycles. The van der Waals surface area contributed by atoms with Crippen molar-refractivity contribution in [2.75, 3.05) is 16.4 Å². The average molecular weight is 275 g/mol. The van der Waals surface area contributed by atoms with E-state index in [-0.39, 0.29) is 5.66 Å². The quantitative estimate of drug-likeness (QED) is 0.585. The Labute approximate surface area is 123 Å². The molecule has 0 radical (unpaired) electrons. The van der Waals surface area contributed by atoms with Gasteiger partial charge in [-0.05, 0) is 42.1 Å². The number of hydrogen-bond acceptors (Lipinski definition) is 3. The SMILES string of the molecule is CC1(c2ccc(N)cc2)Nc2cccc3cccc(c23)N1. The maximum atomic E-state index is 5.80. The van der Waals surface area contributed by atoms with Gasteiger partial charge < -0.3 is 16.4 Å². The Morgan fingerprint density at radius 2 is 1.38 bits per heavy atom. The normalized spacial score (nSPS) is 15.3. The highest BCUT2D eigenvalue weighted by Gasteiger charge is 2.31. The van der Waals surface area contributed by atoms with Crippen LogP contribution < -0.4 is 16.4 Å². The molecule has 0 unspecified atom stereocenters. The van der Waals surface area contributed by atoms with Crippen LogP contribution in [-0.4, -0.2) is 0 Å². The van der Waals surface area contributed by atoms with Crippen LogP contribution in [0, 0.1) is 0 Å². The van der Waals surface area contributed by atoms with Gasteiger partial charge in [0.1, 0.15) is 5.66 Å². The number of benzene rings is 3. The standard InChI is InChI=1S/C18H17N3/c1-18(13-8-10-14(19)11-9-13)20-15-6-2-4-12-5-3-7-16(21-18)17(12)15/h2-11,20-21H,19H2,1H3. The molecule has 0 amide bonds. The van der Waals surface area contributed by atoms with Crippen molar-refractivity contribution in [3.63, 3.8) is 0 Å². The van der Waals surface area contributed by atoms with Gasteiger partial charge in [-0.15, -0.1) is 0 Å². The van der Waals surface area contributed by atoms with E-state index in [0.29, 0.717) is 0 Å². The van der Waals surface area contributed by atoms with E-state index < -0.39 is 0 Å². The van der Waals surface area contributed by atoms with Gasteiger partial charge in [-0.3, -0.25) is 0 Å². The first-order chi connectivity index (χ1) is 10.2. The first-order valence-electron chi connectivity index (χ1n) is 7.10. The molecule has 3 nitrogen and oxygen atoms in total. The second-order valence-electron chi connectivity index (χ2n) is 5.71. The summed E-state index contributed by atoms with van der Waals surface area (Å²) in [4.78, 5) is 0. The van der Waals surface area contributed by atoms with Crippen LogP contribution in [0.2, 0.25) is 0 Å². The summed E-state index contributed by atoms with van der Waals surface area (Å²) < 4.78 is 0. The van der Waals surface area contributed by atoms with Gasteiger partial charge in [0.15, 0.2) is 0 Å². The van der Waals surface area contributed by atoms with E-state index in [1.807, 2.05) is 12.1 Å². The second-order valence-corrected chi connectivity index (χ2v) is 5.71. The fraction of sp³-hybridized carbons (Fsp3) is 0.111. The summed E-state index contributed by atoms with van der Waals surface area (Å²) >= 11 is 0. The van der Waals surface area contributed by atoms with Gasteiger partial charge in [-0.1, -0.05) is 36.4 Å². The Bertz CT molecular complexity index is 781. The highest BCUT2D eigenvalue weighted by atomic mass is 15.2. The molecular formula is C18H17N3. The van der Waals surface area contributed by atoms with Gasteiger partial charge in [-0.25, -0.2) is 0 Å². The molecule has 1 heterocycles. The van der Waals surface area contributed by atoms with Gasteiger partial charge >= 0.3 is 0 Å². The van der Waals surface area contributed by atoms with Gasteiger partial charge in [0.2, 0.25) is 0 Å². The molecule has 0 saturated carbocycles. The van der Waals surface area contributed by atoms with E-state index >= 15 is 0 Å². The van der Waals surface area contributed by atoms with Gasteiger partial charge in [0.25, 0.3) is 0 Å². The number of hydrogen-bond donors (Lipinski definition) is 3. The Hall–Kier alpha value is -2.68. The number of nitrogen functional groups attached to an aromatic ring is 1. The lowest BCUT2D eigenvalue weighted by atomic mass is 9.95. The zero-order valence-corrected chi connectivity index (χ0v) is 11.9. The van der Waals surface area contributed by atoms with E-state index in [2.05, 4.69) is 66.1 Å². The zero-order chi connectivity index (χ0) is 14.4. The first kappa shape index (κ1) is 12.1. The van der Waals surface area contributed by atoms with Crippen molar-refractivity contribution in [1.29, 1.82) is 0 Å². The third-order valence-electron chi connectivity index (χ3n) is 4.16. The molecule has 3 aromatic carbocycles. The molecule has 0 bridgehead atoms.